The molecule has 0 aliphatic rings. The van der Waals surface area contributed by atoms with E-state index in [1.165, 1.54) is 148 Å². The average Bonchev–Trinajstić information content (AvgIpc) is 3.06. The summed E-state index contributed by atoms with van der Waals surface area (Å²) >= 11 is 0. The highest BCUT2D eigenvalue weighted by Crippen LogP contribution is 2.43. The summed E-state index contributed by atoms with van der Waals surface area (Å²) in [6.07, 6.45) is 35.7. The lowest BCUT2D eigenvalue weighted by Crippen LogP contribution is -2.28. The van der Waals surface area contributed by atoms with Crippen molar-refractivity contribution in [3.05, 3.63) is 0 Å². The van der Waals surface area contributed by atoms with Gasteiger partial charge < -0.3 is 20.1 Å². The zero-order valence-electron chi connectivity index (χ0n) is 31.0. The maximum atomic E-state index is 12.5. The fraction of sp³-hybridized carbons (Fsp3) is 0.974. The summed E-state index contributed by atoms with van der Waals surface area (Å²) in [5, 5.41) is 0. The van der Waals surface area contributed by atoms with Crippen LogP contribution >= 0.6 is 7.82 Å². The topological polar surface area (TPSA) is 117 Å². The van der Waals surface area contributed by atoms with E-state index in [2.05, 4.69) is 13.8 Å². The highest BCUT2D eigenvalue weighted by Gasteiger charge is 2.25. The molecule has 0 radical (unpaired) electrons. The molecule has 282 valence electrons. The monoisotopic (exact) mass is 692 g/mol. The second-order valence-electron chi connectivity index (χ2n) is 13.5. The SMILES string of the molecule is CCCCCCCCCCCCCCCCCCCCCCCCC(=O)OC(COCCCCCCCC)COP(=O)(O)OCCN. The highest BCUT2D eigenvalue weighted by atomic mass is 31.2. The molecule has 0 aromatic carbocycles. The third-order valence-corrected chi connectivity index (χ3v) is 9.76. The van der Waals surface area contributed by atoms with Gasteiger partial charge in [0.1, 0.15) is 6.10 Å². The van der Waals surface area contributed by atoms with Crippen LogP contribution in [-0.2, 0) is 27.9 Å². The molecular formula is C38H78NO7P. The van der Waals surface area contributed by atoms with Gasteiger partial charge in [-0.05, 0) is 12.8 Å². The summed E-state index contributed by atoms with van der Waals surface area (Å²) < 4.78 is 33.1. The predicted octanol–water partition coefficient (Wildman–Crippen LogP) is 11.4. The first-order valence-corrected chi connectivity index (χ1v) is 21.5. The summed E-state index contributed by atoms with van der Waals surface area (Å²) in [6.45, 7) is 4.91. The lowest BCUT2D eigenvalue weighted by molar-refractivity contribution is -0.154. The second kappa shape index (κ2) is 36.8. The van der Waals surface area contributed by atoms with Gasteiger partial charge in [0.25, 0.3) is 0 Å². The van der Waals surface area contributed by atoms with Crippen molar-refractivity contribution in [1.82, 2.24) is 0 Å². The number of esters is 1. The molecule has 0 aromatic heterocycles. The molecule has 0 saturated carbocycles. The molecule has 0 heterocycles. The largest absolute Gasteiger partial charge is 0.472 e. The van der Waals surface area contributed by atoms with Gasteiger partial charge in [-0.2, -0.15) is 0 Å². The first-order chi connectivity index (χ1) is 22.9. The zero-order valence-corrected chi connectivity index (χ0v) is 31.9. The number of carbonyl (C=O) groups excluding carboxylic acids is 1. The average molecular weight is 692 g/mol. The molecule has 0 aliphatic carbocycles. The molecule has 0 amide bonds. The summed E-state index contributed by atoms with van der Waals surface area (Å²) in [4.78, 5) is 22.3. The Kier molecular flexibility index (Phi) is 36.4. The lowest BCUT2D eigenvalue weighted by Gasteiger charge is -2.20. The molecule has 2 atom stereocenters. The number of hydrogen-bond acceptors (Lipinski definition) is 7. The first-order valence-electron chi connectivity index (χ1n) is 20.0. The van der Waals surface area contributed by atoms with Crippen molar-refractivity contribution in [1.29, 1.82) is 0 Å². The van der Waals surface area contributed by atoms with Crippen LogP contribution < -0.4 is 5.73 Å². The van der Waals surface area contributed by atoms with Crippen molar-refractivity contribution in [2.24, 2.45) is 5.73 Å². The molecule has 3 N–H and O–H groups in total. The molecule has 0 aromatic rings. The Hall–Kier alpha value is -0.500. The molecule has 9 heteroatoms. The number of hydrogen-bond donors (Lipinski definition) is 2. The predicted molar refractivity (Wildman–Crippen MR) is 197 cm³/mol. The van der Waals surface area contributed by atoms with Crippen molar-refractivity contribution < 1.29 is 32.8 Å². The first kappa shape index (κ1) is 46.5. The van der Waals surface area contributed by atoms with Crippen molar-refractivity contribution in [3.63, 3.8) is 0 Å². The Labute approximate surface area is 291 Å². The third kappa shape index (κ3) is 36.6. The zero-order chi connectivity index (χ0) is 34.5. The van der Waals surface area contributed by atoms with E-state index in [0.717, 1.165) is 32.1 Å². The Morgan fingerprint density at radius 1 is 0.553 bits per heavy atom. The Morgan fingerprint density at radius 2 is 0.936 bits per heavy atom. The van der Waals surface area contributed by atoms with Crippen molar-refractivity contribution in [3.8, 4) is 0 Å². The normalized spacial score (nSPS) is 13.5. The molecule has 0 saturated heterocycles. The van der Waals surface area contributed by atoms with Gasteiger partial charge in [0, 0.05) is 19.6 Å². The Morgan fingerprint density at radius 3 is 1.34 bits per heavy atom. The van der Waals surface area contributed by atoms with Crippen molar-refractivity contribution in [2.45, 2.75) is 206 Å². The number of nitrogens with two attached hydrogens (primary N) is 1. The van der Waals surface area contributed by atoms with E-state index in [9.17, 15) is 14.3 Å². The number of rotatable bonds is 39. The summed E-state index contributed by atoms with van der Waals surface area (Å²) in [5.41, 5.74) is 5.34. The van der Waals surface area contributed by atoms with Crippen LogP contribution in [0.25, 0.3) is 0 Å². The second-order valence-corrected chi connectivity index (χ2v) is 15.0. The maximum absolute atomic E-state index is 12.5. The number of phosphoric acid groups is 1. The van der Waals surface area contributed by atoms with Gasteiger partial charge in [-0.25, -0.2) is 4.57 Å². The summed E-state index contributed by atoms with van der Waals surface area (Å²) in [5.74, 6) is -0.328. The fourth-order valence-corrected chi connectivity index (χ4v) is 6.59. The van der Waals surface area contributed by atoms with Crippen LogP contribution in [0.5, 0.6) is 0 Å². The molecule has 0 bridgehead atoms. The number of ether oxygens (including phenoxy) is 2. The number of unbranched alkanes of at least 4 members (excludes halogenated alkanes) is 26. The van der Waals surface area contributed by atoms with Crippen LogP contribution in [0.2, 0.25) is 0 Å². The van der Waals surface area contributed by atoms with Gasteiger partial charge in [0.05, 0.1) is 19.8 Å². The van der Waals surface area contributed by atoms with Gasteiger partial charge >= 0.3 is 13.8 Å². The minimum Gasteiger partial charge on any atom is -0.457 e. The smallest absolute Gasteiger partial charge is 0.457 e. The van der Waals surface area contributed by atoms with E-state index in [-0.39, 0.29) is 32.3 Å². The van der Waals surface area contributed by atoms with Crippen LogP contribution in [0.3, 0.4) is 0 Å². The van der Waals surface area contributed by atoms with E-state index >= 15 is 0 Å². The Balaban J connectivity index is 3.80. The van der Waals surface area contributed by atoms with E-state index in [4.69, 9.17) is 24.3 Å². The van der Waals surface area contributed by atoms with Gasteiger partial charge in [-0.15, -0.1) is 0 Å². The molecule has 0 rings (SSSR count). The summed E-state index contributed by atoms with van der Waals surface area (Å²) in [6, 6.07) is 0. The standard InChI is InChI=1S/C38H78NO7P/c1-3-5-7-9-11-12-13-14-15-16-17-18-19-20-21-22-23-24-25-26-27-29-31-38(40)46-37(36-45-47(41,42)44-34-32-39)35-43-33-30-28-10-8-6-4-2/h37H,3-36,39H2,1-2H3,(H,41,42). The molecule has 47 heavy (non-hydrogen) atoms. The number of phosphoric ester groups is 1. The quantitative estimate of drug-likeness (QED) is 0.0371. The van der Waals surface area contributed by atoms with E-state index in [1.807, 2.05) is 0 Å². The van der Waals surface area contributed by atoms with Crippen LogP contribution in [0, 0.1) is 0 Å². The van der Waals surface area contributed by atoms with Crippen molar-refractivity contribution in [2.75, 3.05) is 33.0 Å². The lowest BCUT2D eigenvalue weighted by atomic mass is 10.0. The molecule has 0 spiro atoms. The molecule has 8 nitrogen and oxygen atoms in total. The molecule has 0 aliphatic heterocycles. The molecular weight excluding hydrogens is 613 g/mol. The fourth-order valence-electron chi connectivity index (χ4n) is 5.82. The van der Waals surface area contributed by atoms with Crippen LogP contribution in [0.1, 0.15) is 200 Å². The maximum Gasteiger partial charge on any atom is 0.472 e. The molecule has 2 unspecified atom stereocenters. The van der Waals surface area contributed by atoms with Gasteiger partial charge in [0.2, 0.25) is 0 Å². The van der Waals surface area contributed by atoms with Gasteiger partial charge in [-0.1, -0.05) is 181 Å². The highest BCUT2D eigenvalue weighted by molar-refractivity contribution is 7.47. The van der Waals surface area contributed by atoms with Crippen LogP contribution in [0.4, 0.5) is 0 Å². The number of carbonyl (C=O) groups is 1. The molecule has 0 fully saturated rings. The minimum absolute atomic E-state index is 0.0910. The van der Waals surface area contributed by atoms with E-state index in [0.29, 0.717) is 13.0 Å². The van der Waals surface area contributed by atoms with E-state index < -0.39 is 13.9 Å². The van der Waals surface area contributed by atoms with Gasteiger partial charge in [0.15, 0.2) is 0 Å². The van der Waals surface area contributed by atoms with Crippen LogP contribution in [-0.4, -0.2) is 49.9 Å². The summed E-state index contributed by atoms with van der Waals surface area (Å²) in [7, 11) is -4.25. The van der Waals surface area contributed by atoms with Gasteiger partial charge in [-0.3, -0.25) is 13.8 Å². The third-order valence-electron chi connectivity index (χ3n) is 8.77. The Bertz CT molecular complexity index is 697. The minimum atomic E-state index is -4.25. The van der Waals surface area contributed by atoms with E-state index in [1.54, 1.807) is 0 Å². The van der Waals surface area contributed by atoms with Crippen LogP contribution in [0.15, 0.2) is 0 Å². The van der Waals surface area contributed by atoms with Crippen molar-refractivity contribution >= 4 is 13.8 Å².